The molecule has 0 fully saturated rings. The molecular formula is C16H18ClNO. The number of halogens is 1. The Kier molecular flexibility index (Phi) is 4.46. The summed E-state index contributed by atoms with van der Waals surface area (Å²) in [6.45, 7) is 2.09. The normalized spacial score (nSPS) is 12.2. The van der Waals surface area contributed by atoms with Crippen LogP contribution in [0.25, 0.3) is 11.1 Å². The standard InChI is InChI=1S/C16H18ClNO/c1-3-15(18)12-6-4-11(5-7-12)13-8-9-16(19-2)14(17)10-13/h4-10,15H,3,18H2,1-2H3. The largest absolute Gasteiger partial charge is 0.495 e. The molecule has 0 amide bonds. The van der Waals surface area contributed by atoms with Crippen molar-refractivity contribution in [2.45, 2.75) is 19.4 Å². The smallest absolute Gasteiger partial charge is 0.137 e. The van der Waals surface area contributed by atoms with Gasteiger partial charge in [-0.15, -0.1) is 0 Å². The molecule has 0 aromatic heterocycles. The van der Waals surface area contributed by atoms with Crippen molar-refractivity contribution in [1.29, 1.82) is 0 Å². The average molecular weight is 276 g/mol. The summed E-state index contributed by atoms with van der Waals surface area (Å²) in [6, 6.07) is 14.2. The Labute approximate surface area is 119 Å². The molecule has 0 aliphatic carbocycles. The highest BCUT2D eigenvalue weighted by Crippen LogP contribution is 2.30. The maximum absolute atomic E-state index is 6.14. The highest BCUT2D eigenvalue weighted by molar-refractivity contribution is 6.32. The molecule has 1 unspecified atom stereocenters. The van der Waals surface area contributed by atoms with Crippen LogP contribution in [0, 0.1) is 0 Å². The van der Waals surface area contributed by atoms with E-state index in [9.17, 15) is 0 Å². The quantitative estimate of drug-likeness (QED) is 0.896. The van der Waals surface area contributed by atoms with E-state index in [-0.39, 0.29) is 6.04 Å². The van der Waals surface area contributed by atoms with Crippen molar-refractivity contribution in [3.8, 4) is 16.9 Å². The van der Waals surface area contributed by atoms with Gasteiger partial charge < -0.3 is 10.5 Å². The van der Waals surface area contributed by atoms with E-state index >= 15 is 0 Å². The van der Waals surface area contributed by atoms with Gasteiger partial charge in [-0.3, -0.25) is 0 Å². The topological polar surface area (TPSA) is 35.2 Å². The lowest BCUT2D eigenvalue weighted by atomic mass is 10.00. The third kappa shape index (κ3) is 3.09. The first-order chi connectivity index (χ1) is 9.15. The maximum atomic E-state index is 6.14. The molecular weight excluding hydrogens is 258 g/mol. The second-order valence-corrected chi connectivity index (χ2v) is 4.89. The number of benzene rings is 2. The summed E-state index contributed by atoms with van der Waals surface area (Å²) >= 11 is 6.14. The Hall–Kier alpha value is -1.51. The van der Waals surface area contributed by atoms with Gasteiger partial charge in [0.15, 0.2) is 0 Å². The second-order valence-electron chi connectivity index (χ2n) is 4.49. The van der Waals surface area contributed by atoms with E-state index in [2.05, 4.69) is 31.2 Å². The number of ether oxygens (including phenoxy) is 1. The monoisotopic (exact) mass is 275 g/mol. The molecule has 2 N–H and O–H groups in total. The van der Waals surface area contributed by atoms with Gasteiger partial charge in [-0.2, -0.15) is 0 Å². The number of hydrogen-bond acceptors (Lipinski definition) is 2. The van der Waals surface area contributed by atoms with E-state index in [1.165, 1.54) is 0 Å². The molecule has 0 spiro atoms. The van der Waals surface area contributed by atoms with Gasteiger partial charge in [-0.1, -0.05) is 48.9 Å². The summed E-state index contributed by atoms with van der Waals surface area (Å²) < 4.78 is 5.15. The van der Waals surface area contributed by atoms with Gasteiger partial charge in [-0.25, -0.2) is 0 Å². The van der Waals surface area contributed by atoms with E-state index in [0.717, 1.165) is 23.1 Å². The van der Waals surface area contributed by atoms with E-state index in [4.69, 9.17) is 22.1 Å². The molecule has 100 valence electrons. The fraction of sp³-hybridized carbons (Fsp3) is 0.250. The first kappa shape index (κ1) is 13.9. The van der Waals surface area contributed by atoms with Crippen LogP contribution < -0.4 is 10.5 Å². The molecule has 2 aromatic rings. The summed E-state index contributed by atoms with van der Waals surface area (Å²) in [6.07, 6.45) is 0.938. The van der Waals surface area contributed by atoms with Crippen molar-refractivity contribution in [2.75, 3.05) is 7.11 Å². The van der Waals surface area contributed by atoms with Crippen LogP contribution in [0.15, 0.2) is 42.5 Å². The van der Waals surface area contributed by atoms with Crippen molar-refractivity contribution < 1.29 is 4.74 Å². The molecule has 2 aromatic carbocycles. The van der Waals surface area contributed by atoms with Crippen LogP contribution in [0.3, 0.4) is 0 Å². The van der Waals surface area contributed by atoms with Gasteiger partial charge in [-0.05, 0) is 35.2 Å². The van der Waals surface area contributed by atoms with Crippen LogP contribution in [0.4, 0.5) is 0 Å². The van der Waals surface area contributed by atoms with Crippen molar-refractivity contribution in [2.24, 2.45) is 5.73 Å². The molecule has 0 saturated heterocycles. The molecule has 2 rings (SSSR count). The van der Waals surface area contributed by atoms with Crippen LogP contribution >= 0.6 is 11.6 Å². The lowest BCUT2D eigenvalue weighted by Crippen LogP contribution is -2.08. The van der Waals surface area contributed by atoms with Crippen LogP contribution in [-0.4, -0.2) is 7.11 Å². The molecule has 1 atom stereocenters. The summed E-state index contributed by atoms with van der Waals surface area (Å²) in [4.78, 5) is 0. The maximum Gasteiger partial charge on any atom is 0.137 e. The fourth-order valence-electron chi connectivity index (χ4n) is 2.00. The SMILES string of the molecule is CCC(N)c1ccc(-c2ccc(OC)c(Cl)c2)cc1. The molecule has 0 radical (unpaired) electrons. The zero-order valence-corrected chi connectivity index (χ0v) is 11.9. The number of nitrogens with two attached hydrogens (primary N) is 1. The van der Waals surface area contributed by atoms with Gasteiger partial charge in [0.05, 0.1) is 12.1 Å². The predicted octanol–water partition coefficient (Wildman–Crippen LogP) is 4.43. The van der Waals surface area contributed by atoms with Crippen LogP contribution in [0.5, 0.6) is 5.75 Å². The highest BCUT2D eigenvalue weighted by atomic mass is 35.5. The summed E-state index contributed by atoms with van der Waals surface area (Å²) in [5, 5.41) is 0.620. The molecule has 3 heteroatoms. The molecule has 0 bridgehead atoms. The number of rotatable bonds is 4. The summed E-state index contributed by atoms with van der Waals surface area (Å²) in [5.74, 6) is 0.690. The van der Waals surface area contributed by atoms with Crippen molar-refractivity contribution >= 4 is 11.6 Å². The zero-order chi connectivity index (χ0) is 13.8. The lowest BCUT2D eigenvalue weighted by Gasteiger charge is -2.11. The van der Waals surface area contributed by atoms with Crippen molar-refractivity contribution in [3.63, 3.8) is 0 Å². The third-order valence-electron chi connectivity index (χ3n) is 3.26. The Bertz CT molecular complexity index is 551. The Balaban J connectivity index is 2.29. The number of hydrogen-bond donors (Lipinski definition) is 1. The average Bonchev–Trinajstić information content (AvgIpc) is 2.46. The molecule has 19 heavy (non-hydrogen) atoms. The van der Waals surface area contributed by atoms with E-state index in [1.807, 2.05) is 18.2 Å². The Morgan fingerprint density at radius 1 is 1.11 bits per heavy atom. The van der Waals surface area contributed by atoms with Gasteiger partial charge in [0.1, 0.15) is 5.75 Å². The lowest BCUT2D eigenvalue weighted by molar-refractivity contribution is 0.415. The first-order valence-electron chi connectivity index (χ1n) is 6.35. The molecule has 2 nitrogen and oxygen atoms in total. The van der Waals surface area contributed by atoms with Crippen molar-refractivity contribution in [1.82, 2.24) is 0 Å². The van der Waals surface area contributed by atoms with E-state index < -0.39 is 0 Å². The van der Waals surface area contributed by atoms with Crippen LogP contribution in [-0.2, 0) is 0 Å². The third-order valence-corrected chi connectivity index (χ3v) is 3.56. The van der Waals surface area contributed by atoms with Gasteiger partial charge in [0, 0.05) is 6.04 Å². The van der Waals surface area contributed by atoms with Crippen LogP contribution in [0.2, 0.25) is 5.02 Å². The van der Waals surface area contributed by atoms with Gasteiger partial charge >= 0.3 is 0 Å². The minimum Gasteiger partial charge on any atom is -0.495 e. The second kappa shape index (κ2) is 6.09. The summed E-state index contributed by atoms with van der Waals surface area (Å²) in [7, 11) is 1.61. The highest BCUT2D eigenvalue weighted by Gasteiger charge is 2.06. The van der Waals surface area contributed by atoms with E-state index in [1.54, 1.807) is 7.11 Å². The molecule has 0 heterocycles. The van der Waals surface area contributed by atoms with Crippen LogP contribution in [0.1, 0.15) is 24.9 Å². The minimum atomic E-state index is 0.105. The summed E-state index contributed by atoms with van der Waals surface area (Å²) in [5.41, 5.74) is 9.36. The molecule has 0 saturated carbocycles. The van der Waals surface area contributed by atoms with E-state index in [0.29, 0.717) is 10.8 Å². The zero-order valence-electron chi connectivity index (χ0n) is 11.2. The van der Waals surface area contributed by atoms with Gasteiger partial charge in [0.2, 0.25) is 0 Å². The Morgan fingerprint density at radius 2 is 1.74 bits per heavy atom. The van der Waals surface area contributed by atoms with Crippen molar-refractivity contribution in [3.05, 3.63) is 53.1 Å². The molecule has 0 aliphatic heterocycles. The predicted molar refractivity (Wildman–Crippen MR) is 80.7 cm³/mol. The fourth-order valence-corrected chi connectivity index (χ4v) is 2.26. The molecule has 0 aliphatic rings. The first-order valence-corrected chi connectivity index (χ1v) is 6.73. The number of methoxy groups -OCH3 is 1. The van der Waals surface area contributed by atoms with Gasteiger partial charge in [0.25, 0.3) is 0 Å². The minimum absolute atomic E-state index is 0.105. The Morgan fingerprint density at radius 3 is 2.26 bits per heavy atom.